The molecule has 0 aromatic rings. The van der Waals surface area contributed by atoms with E-state index in [1.54, 1.807) is 0 Å². The fraction of sp³-hybridized carbons (Fsp3) is 0.929. The van der Waals surface area contributed by atoms with E-state index in [1.165, 1.54) is 31.3 Å². The summed E-state index contributed by atoms with van der Waals surface area (Å²) in [6.07, 6.45) is 5.18. The molecule has 28 heavy (non-hydrogen) atoms. The van der Waals surface area contributed by atoms with Crippen LogP contribution < -0.4 is 0 Å². The summed E-state index contributed by atoms with van der Waals surface area (Å²) in [5.41, 5.74) is 2.79. The van der Waals surface area contributed by atoms with Crippen LogP contribution in [0.15, 0.2) is 12.2 Å². The molecule has 1 aliphatic carbocycles. The lowest BCUT2D eigenvalue weighted by molar-refractivity contribution is -0.0162. The molecule has 0 bridgehead atoms. The van der Waals surface area contributed by atoms with Gasteiger partial charge >= 0.3 is 0 Å². The highest BCUT2D eigenvalue weighted by atomic mass is 14.5. The zero-order chi connectivity index (χ0) is 22.7. The van der Waals surface area contributed by atoms with Crippen molar-refractivity contribution in [2.75, 3.05) is 0 Å². The van der Waals surface area contributed by atoms with E-state index in [0.717, 1.165) is 23.7 Å². The number of allylic oxidation sites excluding steroid dienone is 1. The zero-order valence-electron chi connectivity index (χ0n) is 22.3. The summed E-state index contributed by atoms with van der Waals surface area (Å²) in [7, 11) is 0. The Balaban J connectivity index is 0.00000352. The first-order chi connectivity index (χ1) is 12.3. The van der Waals surface area contributed by atoms with E-state index in [0.29, 0.717) is 16.2 Å². The summed E-state index contributed by atoms with van der Waals surface area (Å²) in [5, 5.41) is 0. The minimum atomic E-state index is 0.214. The van der Waals surface area contributed by atoms with Crippen molar-refractivity contribution >= 4 is 0 Å². The number of rotatable bonds is 4. The quantitative estimate of drug-likeness (QED) is 0.417. The molecule has 168 valence electrons. The molecule has 0 aromatic carbocycles. The SMILES string of the molecule is C=C(CC1C(C(C)(C)C)CC(C)CC1C(C)(C)C)C(C)(C)CC(C)(C)C.CC. The fourth-order valence-corrected chi connectivity index (χ4v) is 5.88. The molecule has 1 saturated carbocycles. The van der Waals surface area contributed by atoms with Gasteiger partial charge in [0.2, 0.25) is 0 Å². The smallest absolute Gasteiger partial charge is 0.0142 e. The Labute approximate surface area is 180 Å². The van der Waals surface area contributed by atoms with Gasteiger partial charge in [-0.3, -0.25) is 0 Å². The van der Waals surface area contributed by atoms with Gasteiger partial charge < -0.3 is 0 Å². The maximum Gasteiger partial charge on any atom is -0.0142 e. The van der Waals surface area contributed by atoms with Gasteiger partial charge in [-0.15, -0.1) is 0 Å². The van der Waals surface area contributed by atoms with Gasteiger partial charge in [0.15, 0.2) is 0 Å². The molecule has 2 atom stereocenters. The predicted molar refractivity (Wildman–Crippen MR) is 131 cm³/mol. The molecule has 0 spiro atoms. The maximum absolute atomic E-state index is 4.66. The Morgan fingerprint density at radius 2 is 1.11 bits per heavy atom. The van der Waals surface area contributed by atoms with Gasteiger partial charge in [-0.2, -0.15) is 0 Å². The molecular weight excluding hydrogens is 336 g/mol. The second-order valence-electron chi connectivity index (χ2n) is 13.6. The van der Waals surface area contributed by atoms with Crippen LogP contribution >= 0.6 is 0 Å². The highest BCUT2D eigenvalue weighted by Gasteiger charge is 2.46. The minimum absolute atomic E-state index is 0.214. The van der Waals surface area contributed by atoms with Crippen molar-refractivity contribution in [3.8, 4) is 0 Å². The van der Waals surface area contributed by atoms with Crippen LogP contribution in [-0.4, -0.2) is 0 Å². The first-order valence-electron chi connectivity index (χ1n) is 12.0. The molecule has 1 aliphatic rings. The van der Waals surface area contributed by atoms with E-state index in [1.807, 2.05) is 13.8 Å². The third-order valence-electron chi connectivity index (χ3n) is 6.98. The van der Waals surface area contributed by atoms with Crippen LogP contribution in [0.25, 0.3) is 0 Å². The third-order valence-corrected chi connectivity index (χ3v) is 6.98. The molecule has 0 nitrogen and oxygen atoms in total. The van der Waals surface area contributed by atoms with Crippen molar-refractivity contribution in [1.82, 2.24) is 0 Å². The van der Waals surface area contributed by atoms with Crippen LogP contribution in [0.5, 0.6) is 0 Å². The summed E-state index contributed by atoms with van der Waals surface area (Å²) in [4.78, 5) is 0. The Morgan fingerprint density at radius 1 is 0.750 bits per heavy atom. The minimum Gasteiger partial charge on any atom is -0.0993 e. The van der Waals surface area contributed by atoms with Crippen molar-refractivity contribution in [3.63, 3.8) is 0 Å². The summed E-state index contributed by atoms with van der Waals surface area (Å²) in [6.45, 7) is 37.8. The monoisotopic (exact) mass is 392 g/mol. The normalized spacial score (nSPS) is 27.1. The molecule has 0 heteroatoms. The highest BCUT2D eigenvalue weighted by Crippen LogP contribution is 2.55. The van der Waals surface area contributed by atoms with Crippen LogP contribution in [0.2, 0.25) is 0 Å². The number of hydrogen-bond acceptors (Lipinski definition) is 0. The Hall–Kier alpha value is -0.260. The maximum atomic E-state index is 4.66. The van der Waals surface area contributed by atoms with Crippen LogP contribution in [-0.2, 0) is 0 Å². The van der Waals surface area contributed by atoms with Crippen molar-refractivity contribution < 1.29 is 0 Å². The van der Waals surface area contributed by atoms with Crippen LogP contribution in [0.1, 0.15) is 123 Å². The van der Waals surface area contributed by atoms with Gasteiger partial charge in [-0.05, 0) is 71.0 Å². The fourth-order valence-electron chi connectivity index (χ4n) is 5.88. The van der Waals surface area contributed by atoms with E-state index in [9.17, 15) is 0 Å². The van der Waals surface area contributed by atoms with Gasteiger partial charge in [0.25, 0.3) is 0 Å². The van der Waals surface area contributed by atoms with Gasteiger partial charge in [0.1, 0.15) is 0 Å². The second kappa shape index (κ2) is 9.70. The molecule has 0 radical (unpaired) electrons. The lowest BCUT2D eigenvalue weighted by Crippen LogP contribution is -2.44. The standard InChI is InChI=1S/C26H50.C2H6/c1-18-14-21(24(6,7)8)20(22(15-18)25(9,10)11)16-19(2)26(12,13)17-23(3,4)5;1-2/h18,20-22H,2,14-17H2,1,3-13H3;1-2H3. The van der Waals surface area contributed by atoms with Gasteiger partial charge in [-0.1, -0.05) is 109 Å². The lowest BCUT2D eigenvalue weighted by Gasteiger charge is -2.52. The topological polar surface area (TPSA) is 0 Å². The predicted octanol–water partition coefficient (Wildman–Crippen LogP) is 9.79. The first kappa shape index (κ1) is 27.7. The molecule has 0 N–H and O–H groups in total. The Kier molecular flexibility index (Phi) is 9.61. The molecule has 0 amide bonds. The van der Waals surface area contributed by atoms with E-state index in [-0.39, 0.29) is 5.41 Å². The molecular formula is C28H56. The van der Waals surface area contributed by atoms with Crippen molar-refractivity contribution in [1.29, 1.82) is 0 Å². The van der Waals surface area contributed by atoms with Crippen LogP contribution in [0, 0.1) is 45.3 Å². The molecule has 0 heterocycles. The average Bonchev–Trinajstić information content (AvgIpc) is 2.46. The second-order valence-corrected chi connectivity index (χ2v) is 13.6. The molecule has 1 rings (SSSR count). The van der Waals surface area contributed by atoms with Crippen LogP contribution in [0.4, 0.5) is 0 Å². The van der Waals surface area contributed by atoms with Crippen molar-refractivity contribution in [2.45, 2.75) is 123 Å². The van der Waals surface area contributed by atoms with E-state index in [4.69, 9.17) is 0 Å². The third kappa shape index (κ3) is 8.23. The van der Waals surface area contributed by atoms with E-state index >= 15 is 0 Å². The lowest BCUT2D eigenvalue weighted by atomic mass is 9.53. The van der Waals surface area contributed by atoms with E-state index < -0.39 is 0 Å². The van der Waals surface area contributed by atoms with Crippen LogP contribution in [0.3, 0.4) is 0 Å². The highest BCUT2D eigenvalue weighted by molar-refractivity contribution is 5.11. The Bertz CT molecular complexity index is 448. The molecule has 1 fully saturated rings. The van der Waals surface area contributed by atoms with Gasteiger partial charge in [0, 0.05) is 0 Å². The van der Waals surface area contributed by atoms with Crippen molar-refractivity contribution in [3.05, 3.63) is 12.2 Å². The summed E-state index contributed by atoms with van der Waals surface area (Å²) in [5.74, 6) is 3.18. The molecule has 0 saturated heterocycles. The average molecular weight is 393 g/mol. The number of hydrogen-bond donors (Lipinski definition) is 0. The van der Waals surface area contributed by atoms with Gasteiger partial charge in [0.05, 0.1) is 0 Å². The van der Waals surface area contributed by atoms with Crippen molar-refractivity contribution in [2.24, 2.45) is 45.3 Å². The first-order valence-corrected chi connectivity index (χ1v) is 12.0. The molecule has 2 unspecified atom stereocenters. The molecule has 0 aliphatic heterocycles. The zero-order valence-corrected chi connectivity index (χ0v) is 22.3. The van der Waals surface area contributed by atoms with Gasteiger partial charge in [-0.25, -0.2) is 0 Å². The summed E-state index contributed by atoms with van der Waals surface area (Å²) >= 11 is 0. The summed E-state index contributed by atoms with van der Waals surface area (Å²) < 4.78 is 0. The van der Waals surface area contributed by atoms with E-state index in [2.05, 4.69) is 89.7 Å². The largest absolute Gasteiger partial charge is 0.0993 e. The Morgan fingerprint density at radius 3 is 1.39 bits per heavy atom. The molecule has 0 aromatic heterocycles. The summed E-state index contributed by atoms with van der Waals surface area (Å²) in [6, 6.07) is 0.